The van der Waals surface area contributed by atoms with Crippen LogP contribution in [-0.2, 0) is 0 Å². The number of benzene rings is 3. The summed E-state index contributed by atoms with van der Waals surface area (Å²) in [5, 5.41) is 7.23. The molecular formula is C23H16BrClN2O2. The normalized spacial score (nSPS) is 19.8. The number of hydrogen-bond acceptors (Lipinski definition) is 4. The average Bonchev–Trinajstić information content (AvgIpc) is 3.20. The largest absolute Gasteiger partial charge is 0.461 e. The first kappa shape index (κ1) is 18.4. The molecule has 2 aliphatic heterocycles. The van der Waals surface area contributed by atoms with Crippen LogP contribution in [-0.4, -0.2) is 22.7 Å². The van der Waals surface area contributed by atoms with Crippen molar-refractivity contribution in [2.45, 2.75) is 18.7 Å². The second-order valence-corrected chi connectivity index (χ2v) is 8.39. The number of rotatable bonds is 3. The Labute approximate surface area is 181 Å². The van der Waals surface area contributed by atoms with E-state index in [1.807, 2.05) is 54.6 Å². The molecule has 2 unspecified atom stereocenters. The van der Waals surface area contributed by atoms with E-state index in [0.717, 1.165) is 21.3 Å². The van der Waals surface area contributed by atoms with E-state index >= 15 is 0 Å². The van der Waals surface area contributed by atoms with Gasteiger partial charge in [-0.15, -0.1) is 0 Å². The second kappa shape index (κ2) is 7.32. The molecule has 2 aliphatic rings. The van der Waals surface area contributed by atoms with Gasteiger partial charge in [0.25, 0.3) is 6.23 Å². The van der Waals surface area contributed by atoms with E-state index in [9.17, 15) is 4.79 Å². The van der Waals surface area contributed by atoms with Crippen molar-refractivity contribution in [3.8, 4) is 5.75 Å². The van der Waals surface area contributed by atoms with Crippen LogP contribution < -0.4 is 4.74 Å². The number of fused-ring (bicyclic) bond motifs is 3. The summed E-state index contributed by atoms with van der Waals surface area (Å²) in [6, 6.07) is 22.6. The molecule has 0 fully saturated rings. The molecule has 3 aromatic rings. The molecule has 0 aliphatic carbocycles. The summed E-state index contributed by atoms with van der Waals surface area (Å²) >= 11 is 9.72. The second-order valence-electron chi connectivity index (χ2n) is 7.04. The summed E-state index contributed by atoms with van der Waals surface area (Å²) in [6.45, 7) is 0. The van der Waals surface area contributed by atoms with Gasteiger partial charge in [0.05, 0.1) is 11.8 Å². The molecular weight excluding hydrogens is 452 g/mol. The Morgan fingerprint density at radius 1 is 1.07 bits per heavy atom. The number of halogens is 2. The van der Waals surface area contributed by atoms with Crippen LogP contribution in [0.4, 0.5) is 0 Å². The number of hydrazone groups is 1. The molecule has 0 saturated carbocycles. The van der Waals surface area contributed by atoms with Crippen LogP contribution in [0, 0.1) is 0 Å². The summed E-state index contributed by atoms with van der Waals surface area (Å²) in [7, 11) is 0. The lowest BCUT2D eigenvalue weighted by Crippen LogP contribution is -2.45. The predicted molar refractivity (Wildman–Crippen MR) is 117 cm³/mol. The van der Waals surface area contributed by atoms with Crippen molar-refractivity contribution in [1.82, 2.24) is 5.01 Å². The third kappa shape index (κ3) is 3.34. The van der Waals surface area contributed by atoms with Crippen LogP contribution in [0.2, 0.25) is 5.02 Å². The van der Waals surface area contributed by atoms with Gasteiger partial charge in [-0.25, -0.2) is 5.01 Å². The number of carbonyl (C=O) groups excluding carboxylic acids is 1. The molecule has 2 heterocycles. The van der Waals surface area contributed by atoms with Crippen LogP contribution in [0.1, 0.15) is 33.9 Å². The third-order valence-electron chi connectivity index (χ3n) is 5.21. The fraction of sp³-hybridized carbons (Fsp3) is 0.130. The van der Waals surface area contributed by atoms with Crippen molar-refractivity contribution in [3.05, 3.63) is 99.0 Å². The first-order chi connectivity index (χ1) is 14.1. The van der Waals surface area contributed by atoms with Gasteiger partial charge in [0, 0.05) is 27.0 Å². The topological polar surface area (TPSA) is 41.9 Å². The van der Waals surface area contributed by atoms with Crippen molar-refractivity contribution < 1.29 is 9.53 Å². The Kier molecular flexibility index (Phi) is 4.64. The average molecular weight is 468 g/mol. The maximum Gasteiger partial charge on any atom is 0.251 e. The van der Waals surface area contributed by atoms with Gasteiger partial charge in [0.1, 0.15) is 5.75 Å². The van der Waals surface area contributed by atoms with Gasteiger partial charge in [-0.2, -0.15) is 5.10 Å². The third-order valence-corrected chi connectivity index (χ3v) is 5.98. The number of ketones is 1. The molecule has 4 nitrogen and oxygen atoms in total. The molecule has 29 heavy (non-hydrogen) atoms. The molecule has 0 radical (unpaired) electrons. The molecule has 0 bridgehead atoms. The summed E-state index contributed by atoms with van der Waals surface area (Å²) in [6.07, 6.45) is -0.138. The molecule has 0 aromatic heterocycles. The van der Waals surface area contributed by atoms with E-state index in [0.29, 0.717) is 22.8 Å². The van der Waals surface area contributed by atoms with Crippen LogP contribution >= 0.6 is 27.5 Å². The molecule has 0 spiro atoms. The van der Waals surface area contributed by atoms with Crippen molar-refractivity contribution in [2.24, 2.45) is 5.10 Å². The van der Waals surface area contributed by atoms with E-state index in [4.69, 9.17) is 21.4 Å². The van der Waals surface area contributed by atoms with Crippen molar-refractivity contribution in [3.63, 3.8) is 0 Å². The number of ether oxygens (including phenoxy) is 1. The lowest BCUT2D eigenvalue weighted by molar-refractivity contribution is -0.00455. The summed E-state index contributed by atoms with van der Waals surface area (Å²) in [5.74, 6) is 0.564. The molecule has 0 saturated heterocycles. The van der Waals surface area contributed by atoms with E-state index in [2.05, 4.69) is 15.9 Å². The number of hydrogen-bond donors (Lipinski definition) is 0. The molecule has 0 amide bonds. The van der Waals surface area contributed by atoms with Gasteiger partial charge in [0.15, 0.2) is 0 Å². The van der Waals surface area contributed by atoms with Gasteiger partial charge in [-0.1, -0.05) is 70.0 Å². The zero-order valence-electron chi connectivity index (χ0n) is 15.3. The summed E-state index contributed by atoms with van der Waals surface area (Å²) in [5.41, 5.74) is 3.49. The Morgan fingerprint density at radius 3 is 2.59 bits per heavy atom. The zero-order valence-corrected chi connectivity index (χ0v) is 17.6. The Bertz CT molecular complexity index is 1120. The minimum atomic E-state index is -0.816. The first-order valence-corrected chi connectivity index (χ1v) is 10.4. The van der Waals surface area contributed by atoms with Crippen molar-refractivity contribution in [2.75, 3.05) is 0 Å². The lowest BCUT2D eigenvalue weighted by atomic mass is 9.96. The van der Waals surface area contributed by atoms with Gasteiger partial charge in [0.2, 0.25) is 5.78 Å². The number of nitrogens with zero attached hydrogens (tertiary/aromatic N) is 2. The van der Waals surface area contributed by atoms with E-state index in [1.54, 1.807) is 23.2 Å². The monoisotopic (exact) mass is 466 g/mol. The summed E-state index contributed by atoms with van der Waals surface area (Å²) < 4.78 is 7.13. The first-order valence-electron chi connectivity index (χ1n) is 9.27. The highest BCUT2D eigenvalue weighted by Crippen LogP contribution is 2.44. The van der Waals surface area contributed by atoms with Gasteiger partial charge in [-0.05, 0) is 35.9 Å². The molecule has 6 heteroatoms. The highest BCUT2D eigenvalue weighted by atomic mass is 79.9. The SMILES string of the molecule is O=C(c1ccccc1)C1Oc2ccc(Cl)cc2C2CC(c3ccc(Br)cc3)=NN12. The quantitative estimate of drug-likeness (QED) is 0.453. The number of Topliss-reactive ketones (excluding diaryl/α,β-unsaturated/α-hetero) is 1. The minimum absolute atomic E-state index is 0.103. The fourth-order valence-corrected chi connectivity index (χ4v) is 4.24. The number of carbonyl (C=O) groups is 1. The Morgan fingerprint density at radius 2 is 1.83 bits per heavy atom. The maximum absolute atomic E-state index is 13.2. The molecule has 3 aromatic carbocycles. The molecule has 2 atom stereocenters. The smallest absolute Gasteiger partial charge is 0.251 e. The van der Waals surface area contributed by atoms with Crippen LogP contribution in [0.3, 0.4) is 0 Å². The summed E-state index contributed by atoms with van der Waals surface area (Å²) in [4.78, 5) is 13.2. The van der Waals surface area contributed by atoms with Gasteiger partial charge >= 0.3 is 0 Å². The Hall–Kier alpha value is -2.63. The molecule has 144 valence electrons. The standard InChI is InChI=1S/C23H16BrClN2O2/c24-16-8-6-14(7-9-16)19-13-20-18-12-17(25)10-11-21(18)29-23(27(20)26-19)22(28)15-4-2-1-3-5-15/h1-12,20,23H,13H2. The van der Waals surface area contributed by atoms with E-state index in [1.165, 1.54) is 0 Å². The maximum atomic E-state index is 13.2. The van der Waals surface area contributed by atoms with Gasteiger partial charge in [-0.3, -0.25) is 4.79 Å². The van der Waals surface area contributed by atoms with Crippen molar-refractivity contribution >= 4 is 39.0 Å². The lowest BCUT2D eigenvalue weighted by Gasteiger charge is -2.37. The van der Waals surface area contributed by atoms with E-state index < -0.39 is 6.23 Å². The predicted octanol–water partition coefficient (Wildman–Crippen LogP) is 5.86. The van der Waals surface area contributed by atoms with Crippen LogP contribution in [0.15, 0.2) is 82.4 Å². The van der Waals surface area contributed by atoms with Crippen LogP contribution in [0.25, 0.3) is 0 Å². The Balaban J connectivity index is 1.58. The molecule has 5 rings (SSSR count). The highest BCUT2D eigenvalue weighted by Gasteiger charge is 2.43. The fourth-order valence-electron chi connectivity index (χ4n) is 3.79. The highest BCUT2D eigenvalue weighted by molar-refractivity contribution is 9.10. The molecule has 0 N–H and O–H groups in total. The zero-order chi connectivity index (χ0) is 20.0. The van der Waals surface area contributed by atoms with Gasteiger partial charge < -0.3 is 4.74 Å². The van der Waals surface area contributed by atoms with Crippen LogP contribution in [0.5, 0.6) is 5.75 Å². The van der Waals surface area contributed by atoms with Crippen molar-refractivity contribution in [1.29, 1.82) is 0 Å². The van der Waals surface area contributed by atoms with E-state index in [-0.39, 0.29) is 11.8 Å². The minimum Gasteiger partial charge on any atom is -0.461 e.